The smallest absolute Gasteiger partial charge is 0.306 e. The number of nitrogens with one attached hydrogen (secondary N) is 1. The van der Waals surface area contributed by atoms with E-state index >= 15 is 0 Å². The van der Waals surface area contributed by atoms with Gasteiger partial charge in [-0.1, -0.05) is 56.0 Å². The van der Waals surface area contributed by atoms with Gasteiger partial charge in [-0.25, -0.2) is 0 Å². The fraction of sp³-hybridized carbons (Fsp3) is 0.667. The molecule has 0 heterocycles. The molecule has 0 amide bonds. The van der Waals surface area contributed by atoms with Crippen molar-refractivity contribution in [2.45, 2.75) is 75.7 Å². The van der Waals surface area contributed by atoms with Crippen molar-refractivity contribution in [3.05, 3.63) is 35.9 Å². The van der Waals surface area contributed by atoms with E-state index < -0.39 is 5.97 Å². The topological polar surface area (TPSA) is 49.3 Å². The molecule has 2 fully saturated rings. The van der Waals surface area contributed by atoms with Crippen molar-refractivity contribution >= 4 is 5.97 Å². The summed E-state index contributed by atoms with van der Waals surface area (Å²) in [4.78, 5) is 11.1. The summed E-state index contributed by atoms with van der Waals surface area (Å²) in [6.07, 6.45) is 11.6. The fourth-order valence-corrected chi connectivity index (χ4v) is 4.65. The molecule has 0 radical (unpaired) electrons. The monoisotopic (exact) mass is 329 g/mol. The molecule has 1 aromatic carbocycles. The molecule has 0 saturated heterocycles. The molecule has 2 saturated carbocycles. The third-order valence-electron chi connectivity index (χ3n) is 6.25. The van der Waals surface area contributed by atoms with Gasteiger partial charge in [0.15, 0.2) is 0 Å². The van der Waals surface area contributed by atoms with Crippen LogP contribution in [0.2, 0.25) is 0 Å². The normalized spacial score (nSPS) is 27.3. The van der Waals surface area contributed by atoms with Crippen LogP contribution in [0.5, 0.6) is 0 Å². The minimum absolute atomic E-state index is 0.121. The molecule has 0 aromatic heterocycles. The molecule has 3 nitrogen and oxygen atoms in total. The third kappa shape index (κ3) is 4.18. The van der Waals surface area contributed by atoms with Gasteiger partial charge < -0.3 is 10.4 Å². The van der Waals surface area contributed by atoms with Crippen LogP contribution in [0.1, 0.15) is 69.8 Å². The van der Waals surface area contributed by atoms with E-state index in [1.54, 1.807) is 0 Å². The standard InChI is InChI=1S/C21H31NO2/c23-20(24)17-10-12-19(13-11-17)22-16-21(14-6-1-2-7-15-21)18-8-4-3-5-9-18/h3-5,8-9,17,19,22H,1-2,6-7,10-16H2,(H,23,24). The molecule has 3 heteroatoms. The average Bonchev–Trinajstić information content (AvgIpc) is 2.88. The molecule has 24 heavy (non-hydrogen) atoms. The van der Waals surface area contributed by atoms with Crippen molar-refractivity contribution in [1.82, 2.24) is 5.32 Å². The van der Waals surface area contributed by atoms with Gasteiger partial charge in [0.1, 0.15) is 0 Å². The molecule has 0 unspecified atom stereocenters. The lowest BCUT2D eigenvalue weighted by Crippen LogP contribution is -2.44. The van der Waals surface area contributed by atoms with Gasteiger partial charge >= 0.3 is 5.97 Å². The highest BCUT2D eigenvalue weighted by Gasteiger charge is 2.34. The second-order valence-corrected chi connectivity index (χ2v) is 7.83. The van der Waals surface area contributed by atoms with Crippen molar-refractivity contribution in [3.63, 3.8) is 0 Å². The molecule has 2 aliphatic rings. The summed E-state index contributed by atoms with van der Waals surface area (Å²) in [6, 6.07) is 11.5. The van der Waals surface area contributed by atoms with Crippen LogP contribution in [0.4, 0.5) is 0 Å². The van der Waals surface area contributed by atoms with Crippen molar-refractivity contribution in [2.24, 2.45) is 5.92 Å². The van der Waals surface area contributed by atoms with Gasteiger partial charge in [0, 0.05) is 18.0 Å². The van der Waals surface area contributed by atoms with E-state index in [2.05, 4.69) is 35.6 Å². The summed E-state index contributed by atoms with van der Waals surface area (Å²) >= 11 is 0. The molecular formula is C21H31NO2. The van der Waals surface area contributed by atoms with Crippen LogP contribution in [0.15, 0.2) is 30.3 Å². The molecule has 0 spiro atoms. The maximum Gasteiger partial charge on any atom is 0.306 e. The van der Waals surface area contributed by atoms with E-state index in [1.807, 2.05) is 0 Å². The number of carboxylic acid groups (broad SMARTS) is 1. The van der Waals surface area contributed by atoms with Crippen LogP contribution in [0, 0.1) is 5.92 Å². The zero-order valence-electron chi connectivity index (χ0n) is 14.7. The maximum absolute atomic E-state index is 11.1. The van der Waals surface area contributed by atoms with Crippen molar-refractivity contribution in [2.75, 3.05) is 6.54 Å². The van der Waals surface area contributed by atoms with Crippen LogP contribution in [0.3, 0.4) is 0 Å². The summed E-state index contributed by atoms with van der Waals surface area (Å²) < 4.78 is 0. The van der Waals surface area contributed by atoms with Crippen LogP contribution < -0.4 is 5.32 Å². The minimum Gasteiger partial charge on any atom is -0.481 e. The highest BCUT2D eigenvalue weighted by atomic mass is 16.4. The number of carboxylic acids is 1. The second-order valence-electron chi connectivity index (χ2n) is 7.83. The van der Waals surface area contributed by atoms with Crippen LogP contribution in [-0.2, 0) is 10.2 Å². The van der Waals surface area contributed by atoms with Crippen LogP contribution in [0.25, 0.3) is 0 Å². The van der Waals surface area contributed by atoms with Gasteiger partial charge in [0.05, 0.1) is 5.92 Å². The zero-order chi connectivity index (χ0) is 16.8. The summed E-state index contributed by atoms with van der Waals surface area (Å²) in [5, 5.41) is 13.0. The van der Waals surface area contributed by atoms with Gasteiger partial charge in [-0.3, -0.25) is 4.79 Å². The molecule has 1 aromatic rings. The predicted octanol–water partition coefficient (Wildman–Crippen LogP) is 4.51. The Hall–Kier alpha value is -1.35. The molecule has 0 aliphatic heterocycles. The Labute approximate surface area is 145 Å². The average molecular weight is 329 g/mol. The SMILES string of the molecule is O=C(O)C1CCC(NCC2(c3ccccc3)CCCCCC2)CC1. The van der Waals surface area contributed by atoms with Crippen molar-refractivity contribution < 1.29 is 9.90 Å². The molecular weight excluding hydrogens is 298 g/mol. The fourth-order valence-electron chi connectivity index (χ4n) is 4.65. The highest BCUT2D eigenvalue weighted by Crippen LogP contribution is 2.38. The first-order chi connectivity index (χ1) is 11.7. The lowest BCUT2D eigenvalue weighted by molar-refractivity contribution is -0.142. The predicted molar refractivity (Wildman–Crippen MR) is 97.2 cm³/mol. The molecule has 3 rings (SSSR count). The Morgan fingerprint density at radius 3 is 2.21 bits per heavy atom. The van der Waals surface area contributed by atoms with Crippen LogP contribution >= 0.6 is 0 Å². The lowest BCUT2D eigenvalue weighted by Gasteiger charge is -2.37. The Kier molecular flexibility index (Phi) is 5.94. The molecule has 0 bridgehead atoms. The van der Waals surface area contributed by atoms with E-state index in [-0.39, 0.29) is 11.3 Å². The van der Waals surface area contributed by atoms with Gasteiger partial charge in [0.2, 0.25) is 0 Å². The highest BCUT2D eigenvalue weighted by molar-refractivity contribution is 5.70. The van der Waals surface area contributed by atoms with Gasteiger partial charge in [-0.05, 0) is 44.1 Å². The van der Waals surface area contributed by atoms with E-state index in [1.165, 1.54) is 44.1 Å². The molecule has 2 aliphatic carbocycles. The number of benzene rings is 1. The Balaban J connectivity index is 1.64. The number of aliphatic carboxylic acids is 1. The van der Waals surface area contributed by atoms with Gasteiger partial charge in [-0.2, -0.15) is 0 Å². The molecule has 0 atom stereocenters. The van der Waals surface area contributed by atoms with Crippen molar-refractivity contribution in [3.8, 4) is 0 Å². The Morgan fingerprint density at radius 1 is 1.00 bits per heavy atom. The zero-order valence-corrected chi connectivity index (χ0v) is 14.7. The summed E-state index contributed by atoms with van der Waals surface area (Å²) in [5.41, 5.74) is 1.75. The van der Waals surface area contributed by atoms with E-state index in [0.29, 0.717) is 6.04 Å². The lowest BCUT2D eigenvalue weighted by atomic mass is 9.73. The first-order valence-corrected chi connectivity index (χ1v) is 9.71. The number of hydrogen-bond donors (Lipinski definition) is 2. The Morgan fingerprint density at radius 2 is 1.62 bits per heavy atom. The quantitative estimate of drug-likeness (QED) is 0.781. The maximum atomic E-state index is 11.1. The number of rotatable bonds is 5. The van der Waals surface area contributed by atoms with Crippen molar-refractivity contribution in [1.29, 1.82) is 0 Å². The summed E-state index contributed by atoms with van der Waals surface area (Å²) in [7, 11) is 0. The van der Waals surface area contributed by atoms with Gasteiger partial charge in [-0.15, -0.1) is 0 Å². The van der Waals surface area contributed by atoms with E-state index in [9.17, 15) is 4.79 Å². The summed E-state index contributed by atoms with van der Waals surface area (Å²) in [6.45, 7) is 1.04. The van der Waals surface area contributed by atoms with Gasteiger partial charge in [0.25, 0.3) is 0 Å². The molecule has 132 valence electrons. The first kappa shape index (κ1) is 17.5. The first-order valence-electron chi connectivity index (χ1n) is 9.71. The van der Waals surface area contributed by atoms with E-state index in [0.717, 1.165) is 32.2 Å². The number of carbonyl (C=O) groups is 1. The Bertz CT molecular complexity index is 512. The van der Waals surface area contributed by atoms with E-state index in [4.69, 9.17) is 5.11 Å². The second kappa shape index (κ2) is 8.15. The minimum atomic E-state index is -0.613. The summed E-state index contributed by atoms with van der Waals surface area (Å²) in [5.74, 6) is -0.734. The largest absolute Gasteiger partial charge is 0.481 e. The molecule has 2 N–H and O–H groups in total. The third-order valence-corrected chi connectivity index (χ3v) is 6.25. The number of hydrogen-bond acceptors (Lipinski definition) is 2. The van der Waals surface area contributed by atoms with Crippen LogP contribution in [-0.4, -0.2) is 23.7 Å².